The highest BCUT2D eigenvalue weighted by molar-refractivity contribution is 5.87. The van der Waals surface area contributed by atoms with Crippen LogP contribution in [0.5, 0.6) is 0 Å². The number of rotatable bonds is 4. The van der Waals surface area contributed by atoms with Crippen molar-refractivity contribution >= 4 is 11.9 Å². The molecule has 3 unspecified atom stereocenters. The molecule has 2 aliphatic rings. The van der Waals surface area contributed by atoms with Crippen LogP contribution in [0.1, 0.15) is 38.2 Å². The highest BCUT2D eigenvalue weighted by Gasteiger charge is 2.48. The molecule has 0 bridgehead atoms. The minimum Gasteiger partial charge on any atom is -0.481 e. The minimum absolute atomic E-state index is 0.0505. The Kier molecular flexibility index (Phi) is 3.94. The number of carboxylic acid groups (broad SMARTS) is 1. The van der Waals surface area contributed by atoms with Gasteiger partial charge in [-0.25, -0.2) is 0 Å². The van der Waals surface area contributed by atoms with Gasteiger partial charge < -0.3 is 10.0 Å². The second kappa shape index (κ2) is 5.75. The molecule has 22 heavy (non-hydrogen) atoms. The van der Waals surface area contributed by atoms with Crippen molar-refractivity contribution in [1.29, 1.82) is 0 Å². The van der Waals surface area contributed by atoms with Gasteiger partial charge in [0.15, 0.2) is 0 Å². The van der Waals surface area contributed by atoms with Gasteiger partial charge in [-0.05, 0) is 44.6 Å². The Bertz CT molecular complexity index is 571. The van der Waals surface area contributed by atoms with Crippen LogP contribution in [-0.2, 0) is 16.0 Å². The van der Waals surface area contributed by atoms with Gasteiger partial charge in [0, 0.05) is 12.1 Å². The quantitative estimate of drug-likeness (QED) is 0.930. The molecule has 1 heterocycles. The van der Waals surface area contributed by atoms with E-state index in [0.29, 0.717) is 12.8 Å². The Morgan fingerprint density at radius 2 is 1.91 bits per heavy atom. The molecule has 1 amide bonds. The molecule has 1 aliphatic carbocycles. The number of nitrogens with zero attached hydrogens (tertiary/aromatic N) is 1. The molecule has 3 atom stereocenters. The molecule has 4 heteroatoms. The maximum Gasteiger partial charge on any atom is 0.307 e. The van der Waals surface area contributed by atoms with E-state index in [-0.39, 0.29) is 17.4 Å². The third-order valence-corrected chi connectivity index (χ3v) is 5.35. The summed E-state index contributed by atoms with van der Waals surface area (Å²) in [5.41, 5.74) is 1.05. The summed E-state index contributed by atoms with van der Waals surface area (Å²) in [6.07, 6.45) is 4.17. The van der Waals surface area contributed by atoms with Crippen LogP contribution in [0.2, 0.25) is 0 Å². The molecule has 1 N–H and O–H groups in total. The molecular weight excluding hydrogens is 278 g/mol. The van der Waals surface area contributed by atoms with E-state index in [1.54, 1.807) is 0 Å². The predicted molar refractivity (Wildman–Crippen MR) is 83.3 cm³/mol. The molecule has 2 fully saturated rings. The maximum atomic E-state index is 12.8. The van der Waals surface area contributed by atoms with Crippen molar-refractivity contribution in [3.8, 4) is 0 Å². The van der Waals surface area contributed by atoms with Crippen LogP contribution >= 0.6 is 0 Å². The van der Waals surface area contributed by atoms with Gasteiger partial charge >= 0.3 is 5.97 Å². The standard InChI is InChI=1S/C18H23NO3/c1-18(12-13-6-3-2-4-7-13)10-5-11-19(18)16(20)14-8-9-15(14)17(21)22/h2-4,6-7,14-15H,5,8-12H2,1H3,(H,21,22). The SMILES string of the molecule is CC1(Cc2ccccc2)CCCN1C(=O)C1CCC1C(=O)O. The van der Waals surface area contributed by atoms with E-state index in [4.69, 9.17) is 0 Å². The molecule has 1 aliphatic heterocycles. The topological polar surface area (TPSA) is 57.6 Å². The molecule has 0 aromatic heterocycles. The number of carbonyl (C=O) groups excluding carboxylic acids is 1. The van der Waals surface area contributed by atoms with Gasteiger partial charge in [0.1, 0.15) is 0 Å². The molecule has 1 saturated heterocycles. The normalized spacial score (nSPS) is 30.9. The van der Waals surface area contributed by atoms with Crippen LogP contribution in [0.15, 0.2) is 30.3 Å². The smallest absolute Gasteiger partial charge is 0.307 e. The second-order valence-electron chi connectivity index (χ2n) is 6.88. The van der Waals surface area contributed by atoms with Crippen LogP contribution in [0.4, 0.5) is 0 Å². The number of benzene rings is 1. The van der Waals surface area contributed by atoms with Gasteiger partial charge in [0.2, 0.25) is 5.91 Å². The second-order valence-corrected chi connectivity index (χ2v) is 6.88. The fraction of sp³-hybridized carbons (Fsp3) is 0.556. The van der Waals surface area contributed by atoms with E-state index in [2.05, 4.69) is 19.1 Å². The minimum atomic E-state index is -0.825. The van der Waals surface area contributed by atoms with Crippen molar-refractivity contribution in [2.45, 2.75) is 44.6 Å². The lowest BCUT2D eigenvalue weighted by Gasteiger charge is -2.41. The molecule has 1 aromatic rings. The van der Waals surface area contributed by atoms with Crippen LogP contribution in [0.25, 0.3) is 0 Å². The zero-order valence-electron chi connectivity index (χ0n) is 13.0. The summed E-state index contributed by atoms with van der Waals surface area (Å²) in [6.45, 7) is 2.89. The van der Waals surface area contributed by atoms with E-state index in [9.17, 15) is 14.7 Å². The van der Waals surface area contributed by atoms with Crippen molar-refractivity contribution in [2.75, 3.05) is 6.54 Å². The number of aliphatic carboxylic acids is 1. The van der Waals surface area contributed by atoms with Crippen LogP contribution in [-0.4, -0.2) is 34.0 Å². The highest BCUT2D eigenvalue weighted by Crippen LogP contribution is 2.40. The summed E-state index contributed by atoms with van der Waals surface area (Å²) in [7, 11) is 0. The predicted octanol–water partition coefficient (Wildman–Crippen LogP) is 2.72. The molecule has 1 aromatic carbocycles. The summed E-state index contributed by atoms with van der Waals surface area (Å²) in [5, 5.41) is 9.19. The number of carbonyl (C=O) groups is 2. The van der Waals surface area contributed by atoms with E-state index in [1.165, 1.54) is 5.56 Å². The molecule has 4 nitrogen and oxygen atoms in total. The fourth-order valence-electron chi connectivity index (χ4n) is 3.91. The monoisotopic (exact) mass is 301 g/mol. The zero-order valence-corrected chi connectivity index (χ0v) is 13.0. The molecular formula is C18H23NO3. The first-order chi connectivity index (χ1) is 10.5. The number of hydrogen-bond acceptors (Lipinski definition) is 2. The lowest BCUT2D eigenvalue weighted by Crippen LogP contribution is -2.53. The van der Waals surface area contributed by atoms with Crippen molar-refractivity contribution in [2.24, 2.45) is 11.8 Å². The molecule has 3 rings (SSSR count). The Labute approximate surface area is 131 Å². The number of hydrogen-bond donors (Lipinski definition) is 1. The Morgan fingerprint density at radius 1 is 1.23 bits per heavy atom. The van der Waals surface area contributed by atoms with Crippen molar-refractivity contribution in [1.82, 2.24) is 4.90 Å². The van der Waals surface area contributed by atoms with Crippen LogP contribution < -0.4 is 0 Å². The zero-order chi connectivity index (χ0) is 15.7. The molecule has 118 valence electrons. The van der Waals surface area contributed by atoms with E-state index >= 15 is 0 Å². The summed E-state index contributed by atoms with van der Waals surface area (Å²) in [5.74, 6) is -1.57. The Balaban J connectivity index is 1.75. The van der Waals surface area contributed by atoms with E-state index < -0.39 is 11.9 Å². The van der Waals surface area contributed by atoms with Gasteiger partial charge in [0.25, 0.3) is 0 Å². The lowest BCUT2D eigenvalue weighted by atomic mass is 9.72. The van der Waals surface area contributed by atoms with Gasteiger partial charge in [-0.3, -0.25) is 9.59 Å². The van der Waals surface area contributed by atoms with Crippen molar-refractivity contribution in [3.05, 3.63) is 35.9 Å². The molecule has 0 spiro atoms. The van der Waals surface area contributed by atoms with Gasteiger partial charge in [-0.15, -0.1) is 0 Å². The first-order valence-electron chi connectivity index (χ1n) is 8.09. The van der Waals surface area contributed by atoms with E-state index in [1.807, 2.05) is 23.1 Å². The van der Waals surface area contributed by atoms with Crippen LogP contribution in [0, 0.1) is 11.8 Å². The van der Waals surface area contributed by atoms with Crippen molar-refractivity contribution < 1.29 is 14.7 Å². The van der Waals surface area contributed by atoms with E-state index in [0.717, 1.165) is 25.8 Å². The largest absolute Gasteiger partial charge is 0.481 e. The number of amides is 1. The third kappa shape index (κ3) is 2.62. The Morgan fingerprint density at radius 3 is 2.50 bits per heavy atom. The van der Waals surface area contributed by atoms with Gasteiger partial charge in [-0.1, -0.05) is 30.3 Å². The van der Waals surface area contributed by atoms with Crippen LogP contribution in [0.3, 0.4) is 0 Å². The van der Waals surface area contributed by atoms with Gasteiger partial charge in [0.05, 0.1) is 11.8 Å². The first kappa shape index (κ1) is 15.1. The lowest BCUT2D eigenvalue weighted by molar-refractivity contribution is -0.158. The van der Waals surface area contributed by atoms with Crippen molar-refractivity contribution in [3.63, 3.8) is 0 Å². The summed E-state index contributed by atoms with van der Waals surface area (Å²) in [4.78, 5) is 26.0. The third-order valence-electron chi connectivity index (χ3n) is 5.35. The fourth-order valence-corrected chi connectivity index (χ4v) is 3.91. The molecule has 1 saturated carbocycles. The summed E-state index contributed by atoms with van der Waals surface area (Å²) in [6, 6.07) is 10.2. The Hall–Kier alpha value is -1.84. The first-order valence-corrected chi connectivity index (χ1v) is 8.09. The number of likely N-dealkylation sites (tertiary alicyclic amines) is 1. The van der Waals surface area contributed by atoms with Gasteiger partial charge in [-0.2, -0.15) is 0 Å². The average Bonchev–Trinajstić information content (AvgIpc) is 2.79. The highest BCUT2D eigenvalue weighted by atomic mass is 16.4. The summed E-state index contributed by atoms with van der Waals surface area (Å²) < 4.78 is 0. The summed E-state index contributed by atoms with van der Waals surface area (Å²) >= 11 is 0. The average molecular weight is 301 g/mol. The molecule has 0 radical (unpaired) electrons. The number of carboxylic acids is 1. The maximum absolute atomic E-state index is 12.8.